The van der Waals surface area contributed by atoms with Crippen molar-refractivity contribution in [2.75, 3.05) is 17.1 Å². The van der Waals surface area contributed by atoms with Crippen LogP contribution in [0.4, 0.5) is 20.2 Å². The SMILES string of the molecule is COc1ccc(NC(=O)c2cc(S(=O)(=O)Nc3ccc(C)cc3)ccc2C)cc1OC(F)F. The van der Waals surface area contributed by atoms with Crippen molar-refractivity contribution in [3.05, 3.63) is 77.4 Å². The van der Waals surface area contributed by atoms with Crippen LogP contribution in [0.1, 0.15) is 21.5 Å². The summed E-state index contributed by atoms with van der Waals surface area (Å²) in [6, 6.07) is 15.0. The highest BCUT2D eigenvalue weighted by atomic mass is 32.2. The summed E-state index contributed by atoms with van der Waals surface area (Å²) in [7, 11) is -2.65. The summed E-state index contributed by atoms with van der Waals surface area (Å²) in [5, 5.41) is 2.56. The van der Waals surface area contributed by atoms with Gasteiger partial charge in [0.1, 0.15) is 0 Å². The number of benzene rings is 3. The molecule has 1 amide bonds. The Bertz CT molecular complexity index is 1260. The minimum Gasteiger partial charge on any atom is -0.493 e. The van der Waals surface area contributed by atoms with Crippen LogP contribution in [0.5, 0.6) is 11.5 Å². The van der Waals surface area contributed by atoms with E-state index in [1.165, 1.54) is 43.5 Å². The maximum Gasteiger partial charge on any atom is 0.387 e. The van der Waals surface area contributed by atoms with Gasteiger partial charge in [-0.15, -0.1) is 0 Å². The largest absolute Gasteiger partial charge is 0.493 e. The first-order valence-corrected chi connectivity index (χ1v) is 11.2. The van der Waals surface area contributed by atoms with Crippen LogP contribution in [-0.4, -0.2) is 28.0 Å². The second kappa shape index (κ2) is 9.86. The second-order valence-electron chi connectivity index (χ2n) is 7.15. The summed E-state index contributed by atoms with van der Waals surface area (Å²) in [4.78, 5) is 12.7. The number of carbonyl (C=O) groups is 1. The lowest BCUT2D eigenvalue weighted by Gasteiger charge is -2.14. The number of hydrogen-bond donors (Lipinski definition) is 2. The third-order valence-corrected chi connectivity index (χ3v) is 6.08. The molecule has 0 unspecified atom stereocenters. The van der Waals surface area contributed by atoms with Crippen LogP contribution in [0.3, 0.4) is 0 Å². The molecule has 0 atom stereocenters. The van der Waals surface area contributed by atoms with Crippen LogP contribution in [0.2, 0.25) is 0 Å². The fourth-order valence-corrected chi connectivity index (χ4v) is 4.07. The molecule has 3 rings (SSSR count). The van der Waals surface area contributed by atoms with E-state index in [0.717, 1.165) is 5.56 Å². The summed E-state index contributed by atoms with van der Waals surface area (Å²) < 4.78 is 62.8. The Labute approximate surface area is 190 Å². The van der Waals surface area contributed by atoms with Crippen LogP contribution in [0.15, 0.2) is 65.6 Å². The number of sulfonamides is 1. The fraction of sp³-hybridized carbons (Fsp3) is 0.174. The molecule has 0 saturated carbocycles. The van der Waals surface area contributed by atoms with E-state index in [1.807, 2.05) is 6.92 Å². The molecular weight excluding hydrogens is 454 g/mol. The maximum absolute atomic E-state index is 12.9. The van der Waals surface area contributed by atoms with Gasteiger partial charge in [0.25, 0.3) is 15.9 Å². The minimum atomic E-state index is -3.95. The van der Waals surface area contributed by atoms with Crippen molar-refractivity contribution in [3.63, 3.8) is 0 Å². The Kier molecular flexibility index (Phi) is 7.17. The summed E-state index contributed by atoms with van der Waals surface area (Å²) in [6.07, 6.45) is 0. The Morgan fingerprint density at radius 1 is 0.909 bits per heavy atom. The lowest BCUT2D eigenvalue weighted by atomic mass is 10.1. The number of amides is 1. The number of nitrogens with one attached hydrogen (secondary N) is 2. The zero-order valence-corrected chi connectivity index (χ0v) is 18.9. The second-order valence-corrected chi connectivity index (χ2v) is 8.83. The van der Waals surface area contributed by atoms with E-state index < -0.39 is 22.5 Å². The summed E-state index contributed by atoms with van der Waals surface area (Å²) in [6.45, 7) is 0.460. The first kappa shape index (κ1) is 24.0. The molecule has 2 N–H and O–H groups in total. The van der Waals surface area contributed by atoms with E-state index >= 15 is 0 Å². The van der Waals surface area contributed by atoms with Crippen molar-refractivity contribution in [2.24, 2.45) is 0 Å². The van der Waals surface area contributed by atoms with Gasteiger partial charge in [0, 0.05) is 23.0 Å². The standard InChI is InChI=1S/C23H22F2N2O5S/c1-14-4-7-16(8-5-14)27-33(29,30)18-10-6-15(2)19(13-18)22(28)26-17-9-11-20(31-3)21(12-17)32-23(24)25/h4-13,23,27H,1-3H3,(H,26,28). The molecule has 3 aromatic rings. The molecule has 0 aliphatic rings. The molecule has 10 heteroatoms. The van der Waals surface area contributed by atoms with E-state index in [0.29, 0.717) is 11.3 Å². The Morgan fingerprint density at radius 2 is 1.58 bits per heavy atom. The molecular formula is C23H22F2N2O5S. The lowest BCUT2D eigenvalue weighted by molar-refractivity contribution is -0.0511. The van der Waals surface area contributed by atoms with Gasteiger partial charge < -0.3 is 14.8 Å². The van der Waals surface area contributed by atoms with Crippen molar-refractivity contribution < 1.29 is 31.5 Å². The van der Waals surface area contributed by atoms with Gasteiger partial charge in [-0.05, 0) is 55.8 Å². The summed E-state index contributed by atoms with van der Waals surface area (Å²) in [5.74, 6) is -0.798. The molecule has 0 aliphatic heterocycles. The Balaban J connectivity index is 1.86. The molecule has 0 spiro atoms. The molecule has 0 aliphatic carbocycles. The van der Waals surface area contributed by atoms with Crippen molar-refractivity contribution in [1.82, 2.24) is 0 Å². The predicted octanol–water partition coefficient (Wildman–Crippen LogP) is 4.97. The van der Waals surface area contributed by atoms with Crippen LogP contribution in [-0.2, 0) is 10.0 Å². The van der Waals surface area contributed by atoms with Gasteiger partial charge in [0.15, 0.2) is 11.5 Å². The van der Waals surface area contributed by atoms with Crippen molar-refractivity contribution in [3.8, 4) is 11.5 Å². The number of methoxy groups -OCH3 is 1. The van der Waals surface area contributed by atoms with Gasteiger partial charge in [-0.2, -0.15) is 8.78 Å². The van der Waals surface area contributed by atoms with Crippen LogP contribution in [0, 0.1) is 13.8 Å². The summed E-state index contributed by atoms with van der Waals surface area (Å²) >= 11 is 0. The Morgan fingerprint density at radius 3 is 2.21 bits per heavy atom. The Hall–Kier alpha value is -3.66. The molecule has 0 radical (unpaired) electrons. The van der Waals surface area contributed by atoms with Gasteiger partial charge in [0.05, 0.1) is 12.0 Å². The van der Waals surface area contributed by atoms with Gasteiger partial charge in [-0.25, -0.2) is 8.42 Å². The first-order valence-electron chi connectivity index (χ1n) is 9.73. The quantitative estimate of drug-likeness (QED) is 0.479. The number of carbonyl (C=O) groups excluding carboxylic acids is 1. The van der Waals surface area contributed by atoms with E-state index in [-0.39, 0.29) is 27.6 Å². The number of aryl methyl sites for hydroxylation is 2. The molecule has 33 heavy (non-hydrogen) atoms. The molecule has 0 heterocycles. The van der Waals surface area contributed by atoms with E-state index in [9.17, 15) is 22.0 Å². The average molecular weight is 477 g/mol. The van der Waals surface area contributed by atoms with Gasteiger partial charge in [-0.1, -0.05) is 23.8 Å². The van der Waals surface area contributed by atoms with Gasteiger partial charge in [-0.3, -0.25) is 9.52 Å². The van der Waals surface area contributed by atoms with Crippen LogP contribution < -0.4 is 19.5 Å². The zero-order valence-electron chi connectivity index (χ0n) is 18.1. The average Bonchev–Trinajstić information content (AvgIpc) is 2.75. The number of ether oxygens (including phenoxy) is 2. The first-order chi connectivity index (χ1) is 15.6. The maximum atomic E-state index is 12.9. The number of halogens is 2. The molecule has 0 bridgehead atoms. The molecule has 0 saturated heterocycles. The van der Waals surface area contributed by atoms with Gasteiger partial charge >= 0.3 is 6.61 Å². The van der Waals surface area contributed by atoms with Gasteiger partial charge in [0.2, 0.25) is 0 Å². The van der Waals surface area contributed by atoms with Crippen molar-refractivity contribution in [1.29, 1.82) is 0 Å². The number of rotatable bonds is 8. The molecule has 3 aromatic carbocycles. The molecule has 0 aromatic heterocycles. The number of alkyl halides is 2. The van der Waals surface area contributed by atoms with E-state index in [2.05, 4.69) is 14.8 Å². The monoisotopic (exact) mass is 476 g/mol. The minimum absolute atomic E-state index is 0.0692. The smallest absolute Gasteiger partial charge is 0.387 e. The third kappa shape index (κ3) is 5.98. The summed E-state index contributed by atoms with van der Waals surface area (Å²) in [5.41, 5.74) is 2.17. The van der Waals surface area contributed by atoms with E-state index in [4.69, 9.17) is 4.74 Å². The third-order valence-electron chi connectivity index (χ3n) is 4.71. The highest BCUT2D eigenvalue weighted by Crippen LogP contribution is 2.32. The normalized spacial score (nSPS) is 11.2. The molecule has 0 fully saturated rings. The van der Waals surface area contributed by atoms with E-state index in [1.54, 1.807) is 31.2 Å². The topological polar surface area (TPSA) is 93.7 Å². The highest BCUT2D eigenvalue weighted by Gasteiger charge is 2.19. The number of hydrogen-bond acceptors (Lipinski definition) is 5. The van der Waals surface area contributed by atoms with Crippen molar-refractivity contribution >= 4 is 27.3 Å². The van der Waals surface area contributed by atoms with Crippen molar-refractivity contribution in [2.45, 2.75) is 25.4 Å². The van der Waals surface area contributed by atoms with Crippen LogP contribution in [0.25, 0.3) is 0 Å². The molecule has 174 valence electrons. The van der Waals surface area contributed by atoms with Crippen LogP contribution >= 0.6 is 0 Å². The number of anilines is 2. The lowest BCUT2D eigenvalue weighted by Crippen LogP contribution is -2.17. The predicted molar refractivity (Wildman–Crippen MR) is 121 cm³/mol. The molecule has 7 nitrogen and oxygen atoms in total. The zero-order chi connectivity index (χ0) is 24.2. The fourth-order valence-electron chi connectivity index (χ4n) is 2.99. The highest BCUT2D eigenvalue weighted by molar-refractivity contribution is 7.92.